The van der Waals surface area contributed by atoms with E-state index in [2.05, 4.69) is 15.7 Å². The van der Waals surface area contributed by atoms with Crippen LogP contribution in [0.2, 0.25) is 5.15 Å². The number of halogens is 1. The number of hydrogen-bond acceptors (Lipinski definition) is 3. The van der Waals surface area contributed by atoms with Crippen molar-refractivity contribution in [2.45, 2.75) is 26.6 Å². The Morgan fingerprint density at radius 1 is 1.08 bits per heavy atom. The lowest BCUT2D eigenvalue weighted by atomic mass is 10.0. The Morgan fingerprint density at radius 2 is 1.85 bits per heavy atom. The minimum Gasteiger partial charge on any atom is -0.361 e. The highest BCUT2D eigenvalue weighted by Crippen LogP contribution is 2.33. The molecule has 5 nitrogen and oxygen atoms in total. The number of nitrogens with zero attached hydrogens (tertiary/aromatic N) is 2. The maximum atomic E-state index is 12.5. The van der Waals surface area contributed by atoms with E-state index < -0.39 is 6.17 Å². The molecule has 0 radical (unpaired) electrons. The third-order valence-electron chi connectivity index (χ3n) is 4.65. The smallest absolute Gasteiger partial charge is 0.255 e. The second kappa shape index (κ2) is 6.50. The molecule has 132 valence electrons. The van der Waals surface area contributed by atoms with Crippen molar-refractivity contribution in [3.05, 3.63) is 81.6 Å². The van der Waals surface area contributed by atoms with Crippen molar-refractivity contribution in [2.24, 2.45) is 0 Å². The maximum absolute atomic E-state index is 12.5. The van der Waals surface area contributed by atoms with E-state index in [1.54, 1.807) is 4.68 Å². The summed E-state index contributed by atoms with van der Waals surface area (Å²) < 4.78 is 1.77. The zero-order valence-electron chi connectivity index (χ0n) is 14.6. The molecule has 0 saturated heterocycles. The number of nitrogens with one attached hydrogen (secondary N) is 2. The molecule has 0 saturated carbocycles. The standard InChI is InChI=1S/C20H19ClN4O/c1-12-7-6-10-15-17(12)22-19(23-20(15)26)16-13(2)24-25(18(16)21)11-14-8-4-3-5-9-14/h3-10,19,22H,11H2,1-2H3,(H,23,26)/t19-/m1/s1. The molecule has 0 unspecified atom stereocenters. The highest BCUT2D eigenvalue weighted by atomic mass is 35.5. The number of carbonyl (C=O) groups is 1. The summed E-state index contributed by atoms with van der Waals surface area (Å²) in [6.45, 7) is 4.47. The van der Waals surface area contributed by atoms with Gasteiger partial charge in [0, 0.05) is 0 Å². The molecule has 4 rings (SSSR count). The van der Waals surface area contributed by atoms with Crippen molar-refractivity contribution in [3.63, 3.8) is 0 Å². The minimum absolute atomic E-state index is 0.112. The van der Waals surface area contributed by atoms with Gasteiger partial charge in [0.15, 0.2) is 0 Å². The van der Waals surface area contributed by atoms with Crippen molar-refractivity contribution < 1.29 is 4.79 Å². The molecule has 0 bridgehead atoms. The first-order valence-corrected chi connectivity index (χ1v) is 8.86. The van der Waals surface area contributed by atoms with Gasteiger partial charge in [0.25, 0.3) is 5.91 Å². The number of rotatable bonds is 3. The van der Waals surface area contributed by atoms with Gasteiger partial charge in [-0.05, 0) is 31.0 Å². The number of anilines is 1. The average molecular weight is 367 g/mol. The molecule has 0 fully saturated rings. The van der Waals surface area contributed by atoms with Crippen LogP contribution in [0.3, 0.4) is 0 Å². The van der Waals surface area contributed by atoms with E-state index in [0.29, 0.717) is 17.3 Å². The summed E-state index contributed by atoms with van der Waals surface area (Å²) in [4.78, 5) is 12.5. The zero-order valence-corrected chi connectivity index (χ0v) is 15.3. The van der Waals surface area contributed by atoms with E-state index in [1.165, 1.54) is 0 Å². The third kappa shape index (κ3) is 2.84. The molecule has 2 heterocycles. The monoisotopic (exact) mass is 366 g/mol. The first-order chi connectivity index (χ1) is 12.5. The van der Waals surface area contributed by atoms with Gasteiger partial charge in [-0.15, -0.1) is 0 Å². The lowest BCUT2D eigenvalue weighted by molar-refractivity contribution is 0.0935. The Morgan fingerprint density at radius 3 is 2.62 bits per heavy atom. The Balaban J connectivity index is 1.69. The van der Waals surface area contributed by atoms with E-state index in [0.717, 1.165) is 28.1 Å². The molecule has 1 aliphatic heterocycles. The first-order valence-electron chi connectivity index (χ1n) is 8.48. The number of para-hydroxylation sites is 1. The lowest BCUT2D eigenvalue weighted by Gasteiger charge is -2.29. The maximum Gasteiger partial charge on any atom is 0.255 e. The van der Waals surface area contributed by atoms with Gasteiger partial charge in [0.1, 0.15) is 11.3 Å². The molecule has 1 amide bonds. The Labute approximate surface area is 157 Å². The largest absolute Gasteiger partial charge is 0.361 e. The van der Waals surface area contributed by atoms with E-state index >= 15 is 0 Å². The number of aromatic nitrogens is 2. The van der Waals surface area contributed by atoms with E-state index in [9.17, 15) is 4.79 Å². The molecule has 1 atom stereocenters. The predicted octanol–water partition coefficient (Wildman–Crippen LogP) is 4.06. The van der Waals surface area contributed by atoms with Crippen molar-refractivity contribution in [1.29, 1.82) is 0 Å². The molecule has 0 aliphatic carbocycles. The molecule has 6 heteroatoms. The summed E-state index contributed by atoms with van der Waals surface area (Å²) >= 11 is 6.64. The van der Waals surface area contributed by atoms with Gasteiger partial charge in [-0.2, -0.15) is 5.10 Å². The van der Waals surface area contributed by atoms with Crippen LogP contribution in [-0.4, -0.2) is 15.7 Å². The Hall–Kier alpha value is -2.79. The van der Waals surface area contributed by atoms with Crippen LogP contribution in [-0.2, 0) is 6.54 Å². The average Bonchev–Trinajstić information content (AvgIpc) is 2.90. The van der Waals surface area contributed by atoms with Crippen molar-refractivity contribution >= 4 is 23.2 Å². The number of aryl methyl sites for hydroxylation is 2. The van der Waals surface area contributed by atoms with Gasteiger partial charge in [0.2, 0.25) is 0 Å². The molecular formula is C20H19ClN4O. The predicted molar refractivity (Wildman–Crippen MR) is 103 cm³/mol. The van der Waals surface area contributed by atoms with Crippen LogP contribution in [0.1, 0.15) is 38.9 Å². The first kappa shape index (κ1) is 16.7. The van der Waals surface area contributed by atoms with Gasteiger partial charge in [-0.1, -0.05) is 54.1 Å². The minimum atomic E-state index is -0.409. The van der Waals surface area contributed by atoms with Crippen molar-refractivity contribution in [2.75, 3.05) is 5.32 Å². The van der Waals surface area contributed by atoms with E-state index in [-0.39, 0.29) is 5.91 Å². The summed E-state index contributed by atoms with van der Waals surface area (Å²) in [5.74, 6) is -0.112. The van der Waals surface area contributed by atoms with Crippen molar-refractivity contribution in [1.82, 2.24) is 15.1 Å². The molecule has 0 spiro atoms. The lowest BCUT2D eigenvalue weighted by Crippen LogP contribution is -2.39. The number of hydrogen-bond donors (Lipinski definition) is 2. The second-order valence-corrected chi connectivity index (χ2v) is 6.84. The molecule has 2 N–H and O–H groups in total. The third-order valence-corrected chi connectivity index (χ3v) is 5.05. The molecular weight excluding hydrogens is 348 g/mol. The molecule has 26 heavy (non-hydrogen) atoms. The molecule has 1 aromatic heterocycles. The van der Waals surface area contributed by atoms with Gasteiger partial charge in [-0.25, -0.2) is 4.68 Å². The number of benzene rings is 2. The van der Waals surface area contributed by atoms with Crippen LogP contribution in [0.15, 0.2) is 48.5 Å². The Kier molecular flexibility index (Phi) is 4.17. The normalized spacial score (nSPS) is 16.0. The number of carbonyl (C=O) groups excluding carboxylic acids is 1. The molecule has 1 aliphatic rings. The van der Waals surface area contributed by atoms with Crippen LogP contribution >= 0.6 is 11.6 Å². The van der Waals surface area contributed by atoms with E-state index in [1.807, 2.05) is 62.4 Å². The SMILES string of the molecule is Cc1cccc2c1N[C@@H](c1c(C)nn(Cc3ccccc3)c1Cl)NC2=O. The summed E-state index contributed by atoms with van der Waals surface area (Å²) in [6, 6.07) is 15.7. The fraction of sp³-hybridized carbons (Fsp3) is 0.200. The van der Waals surface area contributed by atoms with Crippen LogP contribution in [0.25, 0.3) is 0 Å². The van der Waals surface area contributed by atoms with Gasteiger partial charge < -0.3 is 10.6 Å². The summed E-state index contributed by atoms with van der Waals surface area (Å²) in [6.07, 6.45) is -0.409. The summed E-state index contributed by atoms with van der Waals surface area (Å²) in [5.41, 5.74) is 5.21. The fourth-order valence-electron chi connectivity index (χ4n) is 3.34. The molecule has 3 aromatic rings. The van der Waals surface area contributed by atoms with Crippen molar-refractivity contribution in [3.8, 4) is 0 Å². The van der Waals surface area contributed by atoms with Gasteiger partial charge >= 0.3 is 0 Å². The van der Waals surface area contributed by atoms with Crippen LogP contribution in [0.5, 0.6) is 0 Å². The van der Waals surface area contributed by atoms with E-state index in [4.69, 9.17) is 11.6 Å². The number of amides is 1. The zero-order chi connectivity index (χ0) is 18.3. The highest BCUT2D eigenvalue weighted by molar-refractivity contribution is 6.30. The second-order valence-electron chi connectivity index (χ2n) is 6.48. The van der Waals surface area contributed by atoms with Crippen LogP contribution < -0.4 is 10.6 Å². The topological polar surface area (TPSA) is 59.0 Å². The number of fused-ring (bicyclic) bond motifs is 1. The summed E-state index contributed by atoms with van der Waals surface area (Å²) in [5, 5.41) is 11.5. The Bertz CT molecular complexity index is 981. The quantitative estimate of drug-likeness (QED) is 0.735. The fourth-order valence-corrected chi connectivity index (χ4v) is 3.68. The summed E-state index contributed by atoms with van der Waals surface area (Å²) in [7, 11) is 0. The highest BCUT2D eigenvalue weighted by Gasteiger charge is 2.30. The van der Waals surface area contributed by atoms with Gasteiger partial charge in [-0.3, -0.25) is 4.79 Å². The van der Waals surface area contributed by atoms with Gasteiger partial charge in [0.05, 0.1) is 29.1 Å². The van der Waals surface area contributed by atoms with Crippen LogP contribution in [0.4, 0.5) is 5.69 Å². The van der Waals surface area contributed by atoms with Crippen LogP contribution in [0, 0.1) is 13.8 Å². The molecule has 2 aromatic carbocycles.